The van der Waals surface area contributed by atoms with Crippen molar-refractivity contribution in [1.82, 2.24) is 0 Å². The van der Waals surface area contributed by atoms with Crippen LogP contribution in [0.3, 0.4) is 0 Å². The number of hydrazone groups is 1. The zero-order chi connectivity index (χ0) is 19.7. The largest absolute Gasteiger partial charge is 0.483 e. The molecule has 1 aromatic rings. The normalized spacial score (nSPS) is 16.0. The molecule has 0 bridgehead atoms. The molecule has 1 aliphatic heterocycles. The summed E-state index contributed by atoms with van der Waals surface area (Å²) in [7, 11) is 0. The number of nitrogens with one attached hydrogen (secondary N) is 1. The van der Waals surface area contributed by atoms with Gasteiger partial charge in [0, 0.05) is 6.07 Å². The molecule has 0 atom stereocenters. The molecule has 0 fully saturated rings. The lowest BCUT2D eigenvalue weighted by molar-refractivity contribution is -0.192. The van der Waals surface area contributed by atoms with Crippen molar-refractivity contribution < 1.29 is 40.7 Å². The fraction of sp³-hybridized carbons (Fsp3) is 0.214. The summed E-state index contributed by atoms with van der Waals surface area (Å²) < 4.78 is 81.1. The van der Waals surface area contributed by atoms with Gasteiger partial charge in [-0.2, -0.15) is 27.1 Å². The molecule has 0 unspecified atom stereocenters. The third-order valence-electron chi connectivity index (χ3n) is 2.97. The Kier molecular flexibility index (Phi) is 4.84. The van der Waals surface area contributed by atoms with Gasteiger partial charge in [0.1, 0.15) is 0 Å². The molecule has 1 aliphatic rings. The Morgan fingerprint density at radius 3 is 2.65 bits per heavy atom. The van der Waals surface area contributed by atoms with Crippen LogP contribution in [0.5, 0.6) is 5.75 Å². The summed E-state index contributed by atoms with van der Waals surface area (Å²) >= 11 is 0. The van der Waals surface area contributed by atoms with Gasteiger partial charge in [0.25, 0.3) is 5.78 Å². The molecule has 6 nitrogen and oxygen atoms in total. The Hall–Kier alpha value is -3.23. The van der Waals surface area contributed by atoms with Gasteiger partial charge in [-0.25, -0.2) is 4.39 Å². The van der Waals surface area contributed by atoms with Crippen LogP contribution in [0.25, 0.3) is 0 Å². The number of halogens is 6. The number of carbonyl (C=O) groups is 2. The van der Waals surface area contributed by atoms with Crippen LogP contribution in [-0.2, 0) is 9.59 Å². The predicted molar refractivity (Wildman–Crippen MR) is 76.3 cm³/mol. The van der Waals surface area contributed by atoms with E-state index >= 15 is 0 Å². The summed E-state index contributed by atoms with van der Waals surface area (Å²) in [4.78, 5) is 22.7. The van der Waals surface area contributed by atoms with E-state index in [0.717, 1.165) is 6.07 Å². The Morgan fingerprint density at radius 1 is 1.42 bits per heavy atom. The van der Waals surface area contributed by atoms with Crippen LogP contribution in [0.15, 0.2) is 17.2 Å². The number of ketones is 1. The van der Waals surface area contributed by atoms with E-state index in [1.54, 1.807) is 5.43 Å². The number of carbonyl (C=O) groups excluding carboxylic acids is 2. The van der Waals surface area contributed by atoms with E-state index in [2.05, 4.69) is 9.84 Å². The number of rotatable bonds is 4. The van der Waals surface area contributed by atoms with Crippen molar-refractivity contribution in [2.45, 2.75) is 12.3 Å². The third-order valence-corrected chi connectivity index (χ3v) is 2.97. The average Bonchev–Trinajstić information content (AvgIpc) is 2.51. The van der Waals surface area contributed by atoms with E-state index in [4.69, 9.17) is 6.42 Å². The van der Waals surface area contributed by atoms with Crippen molar-refractivity contribution in [3.05, 3.63) is 17.9 Å². The van der Waals surface area contributed by atoms with Gasteiger partial charge in [0.15, 0.2) is 11.6 Å². The van der Waals surface area contributed by atoms with Gasteiger partial charge in [0.05, 0.1) is 24.1 Å². The first-order valence-corrected chi connectivity index (χ1v) is 6.53. The fourth-order valence-electron chi connectivity index (χ4n) is 1.85. The number of hydrogen-bond donors (Lipinski definition) is 1. The standard InChI is InChI=1S/C14H7F6N3O3/c1-2-3-23-9-5-8(22-21-6-11(24)13(16,17)18)7(15)4-10(9)26-14(19,20)12(23)25/h1,4-6,22H,3H2. The quantitative estimate of drug-likeness (QED) is 0.377. The minimum Gasteiger partial charge on any atom is -0.423 e. The van der Waals surface area contributed by atoms with Crippen molar-refractivity contribution in [2.24, 2.45) is 5.10 Å². The molecule has 2 rings (SSSR count). The molecule has 0 radical (unpaired) electrons. The second kappa shape index (κ2) is 6.58. The maximum atomic E-state index is 13.9. The van der Waals surface area contributed by atoms with Crippen LogP contribution in [0.1, 0.15) is 0 Å². The number of nitrogens with zero attached hydrogens (tertiary/aromatic N) is 2. The smallest absolute Gasteiger partial charge is 0.423 e. The number of hydrogen-bond acceptors (Lipinski definition) is 5. The highest BCUT2D eigenvalue weighted by Gasteiger charge is 2.50. The van der Waals surface area contributed by atoms with Crippen LogP contribution >= 0.6 is 0 Å². The Balaban J connectivity index is 2.36. The van der Waals surface area contributed by atoms with Crippen molar-refractivity contribution >= 4 is 29.3 Å². The monoisotopic (exact) mass is 379 g/mol. The SMILES string of the molecule is C#CCN1C(=O)C(F)(F)Oc2cc(F)c(NN=CC(=O)C(F)(F)F)cc21. The van der Waals surface area contributed by atoms with E-state index in [1.165, 1.54) is 0 Å². The third kappa shape index (κ3) is 3.71. The number of fused-ring (bicyclic) bond motifs is 1. The highest BCUT2D eigenvalue weighted by molar-refractivity contribution is 6.30. The van der Waals surface area contributed by atoms with Gasteiger partial charge in [-0.15, -0.1) is 6.42 Å². The summed E-state index contributed by atoms with van der Waals surface area (Å²) in [5.41, 5.74) is 0.832. The zero-order valence-electron chi connectivity index (χ0n) is 12.4. The molecule has 26 heavy (non-hydrogen) atoms. The second-order valence-electron chi connectivity index (χ2n) is 4.75. The molecule has 0 saturated carbocycles. The van der Waals surface area contributed by atoms with Crippen molar-refractivity contribution in [2.75, 3.05) is 16.9 Å². The van der Waals surface area contributed by atoms with Crippen LogP contribution < -0.4 is 15.1 Å². The van der Waals surface area contributed by atoms with Crippen LogP contribution in [-0.4, -0.2) is 36.7 Å². The van der Waals surface area contributed by atoms with Gasteiger partial charge in [-0.3, -0.25) is 19.9 Å². The van der Waals surface area contributed by atoms with Gasteiger partial charge in [-0.05, 0) is 6.07 Å². The van der Waals surface area contributed by atoms with Crippen molar-refractivity contribution in [1.29, 1.82) is 0 Å². The second-order valence-corrected chi connectivity index (χ2v) is 4.75. The summed E-state index contributed by atoms with van der Waals surface area (Å²) in [6, 6.07) is 1.23. The first-order chi connectivity index (χ1) is 12.0. The topological polar surface area (TPSA) is 71.0 Å². The van der Waals surface area contributed by atoms with E-state index in [-0.39, 0.29) is 11.9 Å². The number of amides is 1. The number of Topliss-reactive ketones (excluding diaryl/α,β-unsaturated/α-hetero) is 1. The Bertz CT molecular complexity index is 828. The van der Waals surface area contributed by atoms with Gasteiger partial charge >= 0.3 is 18.2 Å². The van der Waals surface area contributed by atoms with E-state index in [1.807, 2.05) is 5.92 Å². The van der Waals surface area contributed by atoms with Gasteiger partial charge in [0.2, 0.25) is 0 Å². The molecule has 1 N–H and O–H groups in total. The molecule has 138 valence electrons. The molecular formula is C14H7F6N3O3. The zero-order valence-corrected chi connectivity index (χ0v) is 12.4. The van der Waals surface area contributed by atoms with E-state index in [9.17, 15) is 35.9 Å². The Labute approximate surface area is 141 Å². The first-order valence-electron chi connectivity index (χ1n) is 6.53. The van der Waals surface area contributed by atoms with E-state index < -0.39 is 47.8 Å². The minimum absolute atomic E-state index is 0.145. The summed E-state index contributed by atoms with van der Waals surface area (Å²) in [5, 5.41) is 2.92. The lowest BCUT2D eigenvalue weighted by Gasteiger charge is -2.32. The minimum atomic E-state index is -5.17. The van der Waals surface area contributed by atoms with Gasteiger partial charge in [-0.1, -0.05) is 5.92 Å². The van der Waals surface area contributed by atoms with Crippen molar-refractivity contribution in [3.63, 3.8) is 0 Å². The molecule has 1 aromatic carbocycles. The van der Waals surface area contributed by atoms with Crippen LogP contribution in [0.4, 0.5) is 37.7 Å². The van der Waals surface area contributed by atoms with E-state index in [0.29, 0.717) is 11.0 Å². The highest BCUT2D eigenvalue weighted by Crippen LogP contribution is 2.41. The molecule has 1 amide bonds. The summed E-state index contributed by atoms with van der Waals surface area (Å²) in [6.07, 6.45) is -4.59. The maximum Gasteiger partial charge on any atom is 0.483 e. The van der Waals surface area contributed by atoms with Crippen LogP contribution in [0, 0.1) is 18.2 Å². The molecule has 12 heteroatoms. The number of terminal acetylenes is 1. The maximum absolute atomic E-state index is 13.9. The lowest BCUT2D eigenvalue weighted by atomic mass is 10.2. The number of anilines is 2. The number of benzene rings is 1. The molecule has 0 aromatic heterocycles. The summed E-state index contributed by atoms with van der Waals surface area (Å²) in [5.74, 6) is -4.12. The molecule has 0 spiro atoms. The molecule has 0 saturated heterocycles. The number of alkyl halides is 5. The molecule has 1 heterocycles. The van der Waals surface area contributed by atoms with Crippen molar-refractivity contribution in [3.8, 4) is 18.1 Å². The molecular weight excluding hydrogens is 372 g/mol. The molecule has 0 aliphatic carbocycles. The number of ether oxygens (including phenoxy) is 1. The highest BCUT2D eigenvalue weighted by atomic mass is 19.4. The first kappa shape index (κ1) is 19.1. The van der Waals surface area contributed by atoms with Crippen LogP contribution in [0.2, 0.25) is 0 Å². The lowest BCUT2D eigenvalue weighted by Crippen LogP contribution is -2.51. The van der Waals surface area contributed by atoms with Gasteiger partial charge < -0.3 is 4.74 Å². The summed E-state index contributed by atoms with van der Waals surface area (Å²) in [6.45, 7) is -0.605. The average molecular weight is 379 g/mol. The fourth-order valence-corrected chi connectivity index (χ4v) is 1.85. The Morgan fingerprint density at radius 2 is 2.08 bits per heavy atom. The predicted octanol–water partition coefficient (Wildman–Crippen LogP) is 2.31.